The Balaban J connectivity index is 2.37. The van der Waals surface area contributed by atoms with Crippen LogP contribution >= 0.6 is 11.6 Å². The van der Waals surface area contributed by atoms with Crippen molar-refractivity contribution in [3.05, 3.63) is 35.9 Å². The minimum atomic E-state index is 0.561. The van der Waals surface area contributed by atoms with Crippen molar-refractivity contribution in [2.24, 2.45) is 5.92 Å². The van der Waals surface area contributed by atoms with Crippen LogP contribution in [0.25, 0.3) is 0 Å². The fourth-order valence-electron chi connectivity index (χ4n) is 1.54. The highest BCUT2D eigenvalue weighted by molar-refractivity contribution is 6.18. The molecule has 0 amide bonds. The Labute approximate surface area is 91.7 Å². The van der Waals surface area contributed by atoms with Gasteiger partial charge in [-0.2, -0.15) is 0 Å². The summed E-state index contributed by atoms with van der Waals surface area (Å²) < 4.78 is 0. The summed E-state index contributed by atoms with van der Waals surface area (Å²) in [6.07, 6.45) is 0. The fourth-order valence-corrected chi connectivity index (χ4v) is 1.64. The molecule has 78 valence electrons. The smallest absolute Gasteiger partial charge is 0.0261 e. The highest BCUT2D eigenvalue weighted by Crippen LogP contribution is 2.06. The summed E-state index contributed by atoms with van der Waals surface area (Å²) in [4.78, 5) is 2.31. The van der Waals surface area contributed by atoms with Gasteiger partial charge in [0.2, 0.25) is 0 Å². The quantitative estimate of drug-likeness (QED) is 0.677. The van der Waals surface area contributed by atoms with Crippen LogP contribution in [-0.2, 0) is 6.54 Å². The van der Waals surface area contributed by atoms with E-state index in [1.165, 1.54) is 5.56 Å². The van der Waals surface area contributed by atoms with Gasteiger partial charge in [0.05, 0.1) is 0 Å². The molecule has 0 fully saturated rings. The molecule has 1 nitrogen and oxygen atoms in total. The second-order valence-corrected chi connectivity index (χ2v) is 4.25. The Hall–Kier alpha value is -0.530. The van der Waals surface area contributed by atoms with Crippen molar-refractivity contribution in [3.63, 3.8) is 0 Å². The Morgan fingerprint density at radius 1 is 1.29 bits per heavy atom. The van der Waals surface area contributed by atoms with Gasteiger partial charge in [-0.15, -0.1) is 11.6 Å². The van der Waals surface area contributed by atoms with Crippen LogP contribution < -0.4 is 0 Å². The largest absolute Gasteiger partial charge is 0.302 e. The van der Waals surface area contributed by atoms with E-state index in [4.69, 9.17) is 11.6 Å². The molecule has 0 saturated carbocycles. The van der Waals surface area contributed by atoms with Crippen molar-refractivity contribution in [3.8, 4) is 0 Å². The summed E-state index contributed by atoms with van der Waals surface area (Å²) in [5, 5.41) is 0. The Morgan fingerprint density at radius 2 is 1.93 bits per heavy atom. The van der Waals surface area contributed by atoms with Crippen LogP contribution in [0.2, 0.25) is 0 Å². The number of halogens is 1. The molecule has 0 heterocycles. The molecule has 1 rings (SSSR count). The lowest BCUT2D eigenvalue weighted by Crippen LogP contribution is -2.24. The molecule has 0 spiro atoms. The SMILES string of the molecule is CC(CCl)CN(C)Cc1ccccc1. The zero-order chi connectivity index (χ0) is 10.4. The lowest BCUT2D eigenvalue weighted by molar-refractivity contribution is 0.290. The van der Waals surface area contributed by atoms with Crippen LogP contribution in [0, 0.1) is 5.92 Å². The lowest BCUT2D eigenvalue weighted by atomic mass is 10.2. The zero-order valence-corrected chi connectivity index (χ0v) is 9.67. The van der Waals surface area contributed by atoms with Gasteiger partial charge in [0.15, 0.2) is 0 Å². The van der Waals surface area contributed by atoms with Gasteiger partial charge in [0, 0.05) is 19.0 Å². The average molecular weight is 212 g/mol. The second kappa shape index (κ2) is 6.05. The maximum atomic E-state index is 5.77. The van der Waals surface area contributed by atoms with Gasteiger partial charge < -0.3 is 4.90 Å². The van der Waals surface area contributed by atoms with Crippen molar-refractivity contribution in [1.82, 2.24) is 4.90 Å². The molecule has 1 aromatic rings. The molecule has 1 atom stereocenters. The number of nitrogens with zero attached hydrogens (tertiary/aromatic N) is 1. The predicted molar refractivity (Wildman–Crippen MR) is 62.7 cm³/mol. The van der Waals surface area contributed by atoms with Crippen LogP contribution in [0.5, 0.6) is 0 Å². The third-order valence-corrected chi connectivity index (χ3v) is 2.71. The minimum absolute atomic E-state index is 0.561. The van der Waals surface area contributed by atoms with Crippen molar-refractivity contribution >= 4 is 11.6 Å². The number of alkyl halides is 1. The number of hydrogen-bond acceptors (Lipinski definition) is 1. The molecular formula is C12H18ClN. The number of rotatable bonds is 5. The zero-order valence-electron chi connectivity index (χ0n) is 8.91. The van der Waals surface area contributed by atoms with E-state index < -0.39 is 0 Å². The lowest BCUT2D eigenvalue weighted by Gasteiger charge is -2.19. The summed E-state index contributed by atoms with van der Waals surface area (Å²) in [5.41, 5.74) is 1.36. The molecule has 0 aliphatic rings. The van der Waals surface area contributed by atoms with Gasteiger partial charge in [-0.3, -0.25) is 0 Å². The number of benzene rings is 1. The van der Waals surface area contributed by atoms with Crippen molar-refractivity contribution < 1.29 is 0 Å². The fraction of sp³-hybridized carbons (Fsp3) is 0.500. The standard InChI is InChI=1S/C12H18ClN/c1-11(8-13)9-14(2)10-12-6-4-3-5-7-12/h3-7,11H,8-10H2,1-2H3. The summed E-state index contributed by atoms with van der Waals surface area (Å²) in [6, 6.07) is 10.5. The van der Waals surface area contributed by atoms with Crippen LogP contribution in [0.1, 0.15) is 12.5 Å². The van der Waals surface area contributed by atoms with Crippen molar-refractivity contribution in [2.75, 3.05) is 19.5 Å². The van der Waals surface area contributed by atoms with Crippen molar-refractivity contribution in [2.45, 2.75) is 13.5 Å². The van der Waals surface area contributed by atoms with Crippen LogP contribution in [0.15, 0.2) is 30.3 Å². The molecule has 0 radical (unpaired) electrons. The topological polar surface area (TPSA) is 3.24 Å². The maximum Gasteiger partial charge on any atom is 0.0261 e. The van der Waals surface area contributed by atoms with E-state index in [2.05, 4.69) is 43.1 Å². The highest BCUT2D eigenvalue weighted by atomic mass is 35.5. The van der Waals surface area contributed by atoms with E-state index in [1.54, 1.807) is 0 Å². The Kier molecular flexibility index (Phi) is 4.99. The molecule has 0 N–H and O–H groups in total. The van der Waals surface area contributed by atoms with E-state index in [0.29, 0.717) is 5.92 Å². The van der Waals surface area contributed by atoms with E-state index in [-0.39, 0.29) is 0 Å². The first-order chi connectivity index (χ1) is 6.72. The van der Waals surface area contributed by atoms with Gasteiger partial charge in [0.25, 0.3) is 0 Å². The molecule has 1 aromatic carbocycles. The van der Waals surface area contributed by atoms with Crippen LogP contribution in [0.3, 0.4) is 0 Å². The van der Waals surface area contributed by atoms with E-state index in [0.717, 1.165) is 19.0 Å². The Bertz CT molecular complexity index is 248. The molecule has 0 saturated heterocycles. The molecule has 0 aliphatic carbocycles. The highest BCUT2D eigenvalue weighted by Gasteiger charge is 2.05. The molecule has 0 aromatic heterocycles. The summed E-state index contributed by atoms with van der Waals surface area (Å²) in [6.45, 7) is 4.23. The first-order valence-corrected chi connectivity index (χ1v) is 5.54. The van der Waals surface area contributed by atoms with Gasteiger partial charge in [0.1, 0.15) is 0 Å². The molecule has 1 unspecified atom stereocenters. The predicted octanol–water partition coefficient (Wildman–Crippen LogP) is 2.99. The minimum Gasteiger partial charge on any atom is -0.302 e. The molecule has 0 bridgehead atoms. The van der Waals surface area contributed by atoms with Crippen LogP contribution in [0.4, 0.5) is 0 Å². The first kappa shape index (κ1) is 11.5. The molecule has 0 aliphatic heterocycles. The van der Waals surface area contributed by atoms with E-state index >= 15 is 0 Å². The number of hydrogen-bond donors (Lipinski definition) is 0. The van der Waals surface area contributed by atoms with Crippen LogP contribution in [-0.4, -0.2) is 24.4 Å². The Morgan fingerprint density at radius 3 is 2.50 bits per heavy atom. The molecular weight excluding hydrogens is 194 g/mol. The summed E-state index contributed by atoms with van der Waals surface area (Å²) in [7, 11) is 2.13. The maximum absolute atomic E-state index is 5.77. The summed E-state index contributed by atoms with van der Waals surface area (Å²) >= 11 is 5.77. The van der Waals surface area contributed by atoms with Gasteiger partial charge >= 0.3 is 0 Å². The second-order valence-electron chi connectivity index (χ2n) is 3.94. The normalized spacial score (nSPS) is 13.1. The van der Waals surface area contributed by atoms with E-state index in [9.17, 15) is 0 Å². The first-order valence-electron chi connectivity index (χ1n) is 5.01. The third-order valence-electron chi connectivity index (χ3n) is 2.18. The van der Waals surface area contributed by atoms with Gasteiger partial charge in [-0.1, -0.05) is 37.3 Å². The molecule has 2 heteroatoms. The average Bonchev–Trinajstić information content (AvgIpc) is 2.19. The van der Waals surface area contributed by atoms with Gasteiger partial charge in [-0.25, -0.2) is 0 Å². The summed E-state index contributed by atoms with van der Waals surface area (Å²) in [5.74, 6) is 1.30. The monoisotopic (exact) mass is 211 g/mol. The third kappa shape index (κ3) is 4.12. The van der Waals surface area contributed by atoms with E-state index in [1.807, 2.05) is 6.07 Å². The molecule has 14 heavy (non-hydrogen) atoms. The van der Waals surface area contributed by atoms with Gasteiger partial charge in [-0.05, 0) is 18.5 Å². The van der Waals surface area contributed by atoms with Crippen molar-refractivity contribution in [1.29, 1.82) is 0 Å².